The van der Waals surface area contributed by atoms with Crippen molar-refractivity contribution in [3.8, 4) is 0 Å². The third kappa shape index (κ3) is 5.51. The normalized spacial score (nSPS) is 18.1. The summed E-state index contributed by atoms with van der Waals surface area (Å²) < 4.78 is 0. The van der Waals surface area contributed by atoms with E-state index in [4.69, 9.17) is 11.5 Å². The average Bonchev–Trinajstić information content (AvgIpc) is 3.07. The molecule has 6 nitrogen and oxygen atoms in total. The summed E-state index contributed by atoms with van der Waals surface area (Å²) >= 11 is 1.49. The summed E-state index contributed by atoms with van der Waals surface area (Å²) in [4.78, 5) is 24.5. The largest absolute Gasteiger partial charge is 0.352 e. The van der Waals surface area contributed by atoms with Crippen molar-refractivity contribution in [3.05, 3.63) is 22.4 Å². The van der Waals surface area contributed by atoms with E-state index >= 15 is 0 Å². The summed E-state index contributed by atoms with van der Waals surface area (Å²) in [5.41, 5.74) is 11.1. The average molecular weight is 338 g/mol. The maximum Gasteiger partial charge on any atom is 0.312 e. The molecule has 1 heterocycles. The van der Waals surface area contributed by atoms with E-state index in [9.17, 15) is 9.59 Å². The molecular weight excluding hydrogens is 312 g/mol. The van der Waals surface area contributed by atoms with Crippen molar-refractivity contribution in [2.75, 3.05) is 6.54 Å². The van der Waals surface area contributed by atoms with Crippen LogP contribution in [0.25, 0.3) is 0 Å². The Morgan fingerprint density at radius 1 is 1.26 bits per heavy atom. The second-order valence-corrected chi connectivity index (χ2v) is 7.07. The van der Waals surface area contributed by atoms with Gasteiger partial charge in [-0.05, 0) is 30.2 Å². The van der Waals surface area contributed by atoms with Crippen molar-refractivity contribution in [1.82, 2.24) is 10.6 Å². The number of amides is 3. The zero-order valence-corrected chi connectivity index (χ0v) is 14.1. The second-order valence-electron chi connectivity index (χ2n) is 6.09. The highest BCUT2D eigenvalue weighted by Crippen LogP contribution is 2.27. The Kier molecular flexibility index (Phi) is 6.85. The Balaban J connectivity index is 1.93. The summed E-state index contributed by atoms with van der Waals surface area (Å²) in [5, 5.41) is 7.60. The molecule has 2 rings (SSSR count). The highest BCUT2D eigenvalue weighted by molar-refractivity contribution is 7.10. The van der Waals surface area contributed by atoms with Crippen molar-refractivity contribution in [1.29, 1.82) is 0 Å². The van der Waals surface area contributed by atoms with Gasteiger partial charge in [0.15, 0.2) is 0 Å². The van der Waals surface area contributed by atoms with Crippen molar-refractivity contribution in [3.63, 3.8) is 0 Å². The van der Waals surface area contributed by atoms with Crippen LogP contribution in [0.1, 0.15) is 49.4 Å². The molecule has 1 aromatic heterocycles. The minimum atomic E-state index is -0.626. The third-order valence-electron chi connectivity index (χ3n) is 4.41. The molecule has 2 unspecified atom stereocenters. The highest BCUT2D eigenvalue weighted by Gasteiger charge is 2.25. The lowest BCUT2D eigenvalue weighted by atomic mass is 9.84. The molecule has 1 saturated carbocycles. The minimum Gasteiger partial charge on any atom is -0.352 e. The van der Waals surface area contributed by atoms with Crippen LogP contribution in [0.15, 0.2) is 17.5 Å². The zero-order valence-electron chi connectivity index (χ0n) is 13.3. The Labute approximate surface area is 141 Å². The van der Waals surface area contributed by atoms with Gasteiger partial charge in [0, 0.05) is 17.5 Å². The van der Waals surface area contributed by atoms with Crippen LogP contribution >= 0.6 is 11.3 Å². The van der Waals surface area contributed by atoms with Crippen molar-refractivity contribution in [2.45, 2.75) is 50.6 Å². The van der Waals surface area contributed by atoms with Gasteiger partial charge in [-0.1, -0.05) is 25.3 Å². The van der Waals surface area contributed by atoms with Crippen LogP contribution in [0, 0.1) is 5.92 Å². The van der Waals surface area contributed by atoms with Gasteiger partial charge in [0.1, 0.15) is 0 Å². The Morgan fingerprint density at radius 2 is 2.00 bits per heavy atom. The number of rotatable bonds is 7. The van der Waals surface area contributed by atoms with Gasteiger partial charge >= 0.3 is 6.03 Å². The molecule has 1 aliphatic carbocycles. The number of nitrogens with two attached hydrogens (primary N) is 2. The van der Waals surface area contributed by atoms with Gasteiger partial charge in [0.25, 0.3) is 0 Å². The van der Waals surface area contributed by atoms with Crippen LogP contribution in [0.2, 0.25) is 0 Å². The number of carbonyl (C=O) groups is 2. The molecule has 0 saturated heterocycles. The predicted molar refractivity (Wildman–Crippen MR) is 92.0 cm³/mol. The van der Waals surface area contributed by atoms with Gasteiger partial charge in [-0.15, -0.1) is 11.3 Å². The number of nitrogens with one attached hydrogen (secondary N) is 2. The van der Waals surface area contributed by atoms with Gasteiger partial charge in [0.2, 0.25) is 5.91 Å². The minimum absolute atomic E-state index is 0.0142. The first kappa shape index (κ1) is 17.7. The van der Waals surface area contributed by atoms with Crippen molar-refractivity contribution < 1.29 is 9.59 Å². The third-order valence-corrected chi connectivity index (χ3v) is 5.40. The fourth-order valence-corrected chi connectivity index (χ4v) is 4.02. The van der Waals surface area contributed by atoms with Crippen LogP contribution in [-0.4, -0.2) is 24.5 Å². The van der Waals surface area contributed by atoms with Crippen molar-refractivity contribution in [2.24, 2.45) is 17.4 Å². The maximum absolute atomic E-state index is 12.4. The van der Waals surface area contributed by atoms with Crippen LogP contribution in [0.4, 0.5) is 4.79 Å². The summed E-state index contributed by atoms with van der Waals surface area (Å²) in [6, 6.07) is 2.77. The molecule has 0 aliphatic heterocycles. The van der Waals surface area contributed by atoms with Crippen molar-refractivity contribution >= 4 is 23.3 Å². The van der Waals surface area contributed by atoms with E-state index < -0.39 is 12.1 Å². The van der Waals surface area contributed by atoms with Crippen LogP contribution in [0.3, 0.4) is 0 Å². The van der Waals surface area contributed by atoms with E-state index in [1.807, 2.05) is 17.5 Å². The Hall–Kier alpha value is -1.60. The Morgan fingerprint density at radius 3 is 2.57 bits per heavy atom. The van der Waals surface area contributed by atoms with Crippen LogP contribution in [0.5, 0.6) is 0 Å². The molecule has 1 aliphatic rings. The SMILES string of the molecule is NCC(NC(=O)CC(NC(N)=O)c1cccs1)C1CCCCC1. The molecule has 3 amide bonds. The zero-order chi connectivity index (χ0) is 16.7. The van der Waals surface area contributed by atoms with Gasteiger partial charge in [-0.25, -0.2) is 4.79 Å². The predicted octanol–water partition coefficient (Wildman–Crippen LogP) is 1.87. The lowest BCUT2D eigenvalue weighted by molar-refractivity contribution is -0.122. The molecule has 2 atom stereocenters. The summed E-state index contributed by atoms with van der Waals surface area (Å²) in [7, 11) is 0. The van der Waals surface area contributed by atoms with E-state index in [0.29, 0.717) is 12.5 Å². The molecule has 1 aromatic rings. The standard InChI is InChI=1S/C16H26N4O2S/c17-10-13(11-5-2-1-3-6-11)19-15(21)9-12(20-16(18)22)14-7-4-8-23-14/h4,7-8,11-13H,1-3,5-6,9-10,17H2,(H,19,21)(H3,18,20,22). The molecule has 0 radical (unpaired) electrons. The maximum atomic E-state index is 12.4. The molecule has 0 aromatic carbocycles. The number of hydrogen-bond donors (Lipinski definition) is 4. The fourth-order valence-electron chi connectivity index (χ4n) is 3.24. The first-order valence-corrected chi connectivity index (χ1v) is 9.07. The van der Waals surface area contributed by atoms with Gasteiger partial charge in [-0.2, -0.15) is 0 Å². The molecule has 6 N–H and O–H groups in total. The second kappa shape index (κ2) is 8.88. The van der Waals surface area contributed by atoms with E-state index in [1.165, 1.54) is 30.6 Å². The molecular formula is C16H26N4O2S. The smallest absolute Gasteiger partial charge is 0.312 e. The van der Waals surface area contributed by atoms with Crippen LogP contribution in [-0.2, 0) is 4.79 Å². The molecule has 1 fully saturated rings. The lowest BCUT2D eigenvalue weighted by Crippen LogP contribution is -2.47. The number of primary amides is 1. The van der Waals surface area contributed by atoms with Gasteiger partial charge in [-0.3, -0.25) is 4.79 Å². The molecule has 128 valence electrons. The van der Waals surface area contributed by atoms with E-state index in [1.54, 1.807) is 0 Å². The number of hydrogen-bond acceptors (Lipinski definition) is 4. The summed E-state index contributed by atoms with van der Waals surface area (Å²) in [6.45, 7) is 0.448. The number of carbonyl (C=O) groups excluding carboxylic acids is 2. The van der Waals surface area contributed by atoms with Gasteiger partial charge < -0.3 is 22.1 Å². The number of thiophene rings is 1. The molecule has 0 bridgehead atoms. The van der Waals surface area contributed by atoms with E-state index in [2.05, 4.69) is 10.6 Å². The number of urea groups is 1. The first-order chi connectivity index (χ1) is 11.1. The fraction of sp³-hybridized carbons (Fsp3) is 0.625. The van der Waals surface area contributed by atoms with E-state index in [0.717, 1.165) is 17.7 Å². The first-order valence-electron chi connectivity index (χ1n) is 8.19. The molecule has 23 heavy (non-hydrogen) atoms. The topological polar surface area (TPSA) is 110 Å². The van der Waals surface area contributed by atoms with Gasteiger partial charge in [0.05, 0.1) is 12.5 Å². The van der Waals surface area contributed by atoms with Crippen LogP contribution < -0.4 is 22.1 Å². The Bertz CT molecular complexity index is 500. The molecule has 0 spiro atoms. The monoisotopic (exact) mass is 338 g/mol. The summed E-state index contributed by atoms with van der Waals surface area (Å²) in [6.07, 6.45) is 6.10. The highest BCUT2D eigenvalue weighted by atomic mass is 32.1. The lowest BCUT2D eigenvalue weighted by Gasteiger charge is -2.30. The summed E-state index contributed by atoms with van der Waals surface area (Å²) in [5.74, 6) is 0.361. The molecule has 7 heteroatoms. The quantitative estimate of drug-likeness (QED) is 0.609. The van der Waals surface area contributed by atoms with E-state index in [-0.39, 0.29) is 18.4 Å².